The van der Waals surface area contributed by atoms with Crippen LogP contribution in [0.3, 0.4) is 0 Å². The molecule has 1 fully saturated rings. The highest BCUT2D eigenvalue weighted by Gasteiger charge is 2.25. The topological polar surface area (TPSA) is 68.5 Å². The number of piperidine rings is 1. The molecule has 5 heteroatoms. The van der Waals surface area contributed by atoms with Gasteiger partial charge in [-0.1, -0.05) is 6.92 Å². The Labute approximate surface area is 96.1 Å². The second-order valence-corrected chi connectivity index (χ2v) is 4.37. The van der Waals surface area contributed by atoms with Crippen molar-refractivity contribution in [2.45, 2.75) is 32.7 Å². The van der Waals surface area contributed by atoms with E-state index in [0.717, 1.165) is 18.7 Å². The Bertz CT molecular complexity index is 331. The van der Waals surface area contributed by atoms with Crippen molar-refractivity contribution in [3.8, 4) is 6.07 Å². The predicted molar refractivity (Wildman–Crippen MR) is 61.7 cm³/mol. The van der Waals surface area contributed by atoms with Crippen LogP contribution >= 0.6 is 0 Å². The molecule has 1 heterocycles. The average Bonchev–Trinajstić information content (AvgIpc) is 2.22. The molecule has 1 aliphatic rings. The SMILES string of the molecule is C[C@H]1CN(C)[C@@H](C)C/C1=N/NC(=O)CC#N. The van der Waals surface area contributed by atoms with Gasteiger partial charge in [-0.3, -0.25) is 4.79 Å². The molecule has 0 unspecified atom stereocenters. The molecule has 16 heavy (non-hydrogen) atoms. The molecule has 0 radical (unpaired) electrons. The van der Waals surface area contributed by atoms with Crippen molar-refractivity contribution in [1.82, 2.24) is 10.3 Å². The van der Waals surface area contributed by atoms with Crippen LogP contribution in [-0.4, -0.2) is 36.2 Å². The molecular formula is C11H18N4O. The Hall–Kier alpha value is -1.41. The Morgan fingerprint density at radius 2 is 2.38 bits per heavy atom. The third-order valence-corrected chi connectivity index (χ3v) is 2.95. The number of hydrogen-bond donors (Lipinski definition) is 1. The molecule has 0 aromatic rings. The quantitative estimate of drug-likeness (QED) is 0.700. The fourth-order valence-corrected chi connectivity index (χ4v) is 1.78. The smallest absolute Gasteiger partial charge is 0.254 e. The molecular weight excluding hydrogens is 204 g/mol. The van der Waals surface area contributed by atoms with E-state index in [0.29, 0.717) is 12.0 Å². The van der Waals surface area contributed by atoms with Gasteiger partial charge in [-0.2, -0.15) is 10.4 Å². The lowest BCUT2D eigenvalue weighted by Gasteiger charge is -2.34. The van der Waals surface area contributed by atoms with E-state index >= 15 is 0 Å². The van der Waals surface area contributed by atoms with Gasteiger partial charge in [-0.25, -0.2) is 5.43 Å². The van der Waals surface area contributed by atoms with Gasteiger partial charge >= 0.3 is 0 Å². The van der Waals surface area contributed by atoms with Crippen LogP contribution in [-0.2, 0) is 4.79 Å². The van der Waals surface area contributed by atoms with E-state index < -0.39 is 0 Å². The summed E-state index contributed by atoms with van der Waals surface area (Å²) in [6.07, 6.45) is 0.727. The van der Waals surface area contributed by atoms with Crippen LogP contribution in [0.4, 0.5) is 0 Å². The third kappa shape index (κ3) is 3.31. The molecule has 1 rings (SSSR count). The molecule has 0 spiro atoms. The average molecular weight is 222 g/mol. The van der Waals surface area contributed by atoms with Crippen molar-refractivity contribution in [1.29, 1.82) is 5.26 Å². The molecule has 0 bridgehead atoms. The van der Waals surface area contributed by atoms with E-state index in [1.165, 1.54) is 0 Å². The molecule has 0 saturated carbocycles. The number of nitrogens with zero attached hydrogens (tertiary/aromatic N) is 3. The van der Waals surface area contributed by atoms with Crippen molar-refractivity contribution in [3.63, 3.8) is 0 Å². The molecule has 0 aromatic carbocycles. The van der Waals surface area contributed by atoms with Crippen molar-refractivity contribution < 1.29 is 4.79 Å². The Morgan fingerprint density at radius 3 is 3.00 bits per heavy atom. The first kappa shape index (κ1) is 12.7. The molecule has 1 amide bonds. The minimum Gasteiger partial charge on any atom is -0.303 e. The number of hydrogen-bond acceptors (Lipinski definition) is 4. The summed E-state index contributed by atoms with van der Waals surface area (Å²) in [6, 6.07) is 2.24. The zero-order valence-corrected chi connectivity index (χ0v) is 10.0. The molecule has 5 nitrogen and oxygen atoms in total. The highest BCUT2D eigenvalue weighted by Crippen LogP contribution is 2.17. The van der Waals surface area contributed by atoms with E-state index in [2.05, 4.69) is 36.3 Å². The van der Waals surface area contributed by atoms with E-state index in [1.807, 2.05) is 0 Å². The number of likely N-dealkylation sites (tertiary alicyclic amines) is 1. The third-order valence-electron chi connectivity index (χ3n) is 2.95. The van der Waals surface area contributed by atoms with Crippen molar-refractivity contribution in [3.05, 3.63) is 0 Å². The fraction of sp³-hybridized carbons (Fsp3) is 0.727. The van der Waals surface area contributed by atoms with Gasteiger partial charge in [0.15, 0.2) is 0 Å². The lowest BCUT2D eigenvalue weighted by Crippen LogP contribution is -2.43. The van der Waals surface area contributed by atoms with Crippen LogP contribution in [0.2, 0.25) is 0 Å². The predicted octanol–water partition coefficient (Wildman–Crippen LogP) is 0.732. The van der Waals surface area contributed by atoms with E-state index in [9.17, 15) is 4.79 Å². The maximum atomic E-state index is 11.1. The molecule has 1 aliphatic heterocycles. The Kier molecular flexibility index (Phi) is 4.44. The zero-order valence-electron chi connectivity index (χ0n) is 10.0. The van der Waals surface area contributed by atoms with Gasteiger partial charge < -0.3 is 4.90 Å². The summed E-state index contributed by atoms with van der Waals surface area (Å²) in [7, 11) is 2.09. The molecule has 2 atom stereocenters. The zero-order chi connectivity index (χ0) is 12.1. The van der Waals surface area contributed by atoms with Gasteiger partial charge in [0.1, 0.15) is 6.42 Å². The minimum atomic E-state index is -0.339. The minimum absolute atomic E-state index is 0.138. The van der Waals surface area contributed by atoms with Crippen molar-refractivity contribution in [2.75, 3.05) is 13.6 Å². The largest absolute Gasteiger partial charge is 0.303 e. The van der Waals surface area contributed by atoms with Crippen LogP contribution in [0, 0.1) is 17.2 Å². The standard InChI is InChI=1S/C11H18N4O/c1-8-7-15(3)9(2)6-10(8)13-14-11(16)4-5-12/h8-9H,4,6-7H2,1-3H3,(H,14,16)/b13-10-/t8-,9-/m0/s1. The number of amides is 1. The van der Waals surface area contributed by atoms with E-state index in [1.54, 1.807) is 6.07 Å². The maximum Gasteiger partial charge on any atom is 0.254 e. The van der Waals surface area contributed by atoms with Gasteiger partial charge in [-0.15, -0.1) is 0 Å². The second kappa shape index (κ2) is 5.61. The first-order chi connectivity index (χ1) is 7.54. The van der Waals surface area contributed by atoms with E-state index in [4.69, 9.17) is 5.26 Å². The fourth-order valence-electron chi connectivity index (χ4n) is 1.78. The number of carbonyl (C=O) groups is 1. The van der Waals surface area contributed by atoms with Crippen LogP contribution in [0.5, 0.6) is 0 Å². The van der Waals surface area contributed by atoms with Crippen LogP contribution in [0.15, 0.2) is 5.10 Å². The highest BCUT2D eigenvalue weighted by atomic mass is 16.2. The summed E-state index contributed by atoms with van der Waals surface area (Å²) in [5.41, 5.74) is 3.44. The summed E-state index contributed by atoms with van der Waals surface area (Å²) in [5, 5.41) is 12.4. The molecule has 1 saturated heterocycles. The van der Waals surface area contributed by atoms with Gasteiger partial charge in [-0.05, 0) is 14.0 Å². The molecule has 0 aliphatic carbocycles. The first-order valence-electron chi connectivity index (χ1n) is 5.47. The van der Waals surface area contributed by atoms with Gasteiger partial charge in [0, 0.05) is 30.6 Å². The highest BCUT2D eigenvalue weighted by molar-refractivity contribution is 5.89. The number of nitrogens with one attached hydrogen (secondary N) is 1. The lowest BCUT2D eigenvalue weighted by molar-refractivity contribution is -0.120. The van der Waals surface area contributed by atoms with Gasteiger partial charge in [0.2, 0.25) is 0 Å². The summed E-state index contributed by atoms with van der Waals surface area (Å²) >= 11 is 0. The normalized spacial score (nSPS) is 28.8. The van der Waals surface area contributed by atoms with Gasteiger partial charge in [0.05, 0.1) is 6.07 Å². The maximum absolute atomic E-state index is 11.1. The Morgan fingerprint density at radius 1 is 1.69 bits per heavy atom. The van der Waals surface area contributed by atoms with Gasteiger partial charge in [0.25, 0.3) is 5.91 Å². The number of hydrazone groups is 1. The number of rotatable bonds is 2. The van der Waals surface area contributed by atoms with Crippen molar-refractivity contribution >= 4 is 11.6 Å². The summed E-state index contributed by atoms with van der Waals surface area (Å²) in [4.78, 5) is 13.4. The first-order valence-corrected chi connectivity index (χ1v) is 5.47. The van der Waals surface area contributed by atoms with E-state index in [-0.39, 0.29) is 12.3 Å². The number of nitriles is 1. The summed E-state index contributed by atoms with van der Waals surface area (Å²) in [5.74, 6) is 0.0115. The molecule has 0 aromatic heterocycles. The molecule has 88 valence electrons. The van der Waals surface area contributed by atoms with Crippen LogP contribution < -0.4 is 5.43 Å². The van der Waals surface area contributed by atoms with Crippen LogP contribution in [0.25, 0.3) is 0 Å². The monoisotopic (exact) mass is 222 g/mol. The molecule has 1 N–H and O–H groups in total. The lowest BCUT2D eigenvalue weighted by atomic mass is 9.93. The summed E-state index contributed by atoms with van der Waals surface area (Å²) in [6.45, 7) is 5.18. The van der Waals surface area contributed by atoms with Crippen LogP contribution in [0.1, 0.15) is 26.7 Å². The second-order valence-electron chi connectivity index (χ2n) is 4.37. The Balaban J connectivity index is 2.56. The summed E-state index contributed by atoms with van der Waals surface area (Å²) < 4.78 is 0. The van der Waals surface area contributed by atoms with Crippen molar-refractivity contribution in [2.24, 2.45) is 11.0 Å². The number of carbonyl (C=O) groups excluding carboxylic acids is 1.